The first-order chi connectivity index (χ1) is 15.6. The number of aliphatic hydroxyl groups is 2. The maximum atomic E-state index is 13.2. The normalized spacial score (nSPS) is 23.5. The number of hydrogen-bond donors (Lipinski definition) is 3. The molecule has 1 fully saturated rings. The van der Waals surface area contributed by atoms with Crippen molar-refractivity contribution in [1.82, 2.24) is 9.80 Å². The fourth-order valence-electron chi connectivity index (χ4n) is 3.95. The Balaban J connectivity index is 1.88. The number of carbonyl (C=O) groups excluding carboxylic acids is 4. The van der Waals surface area contributed by atoms with Gasteiger partial charge in [0.25, 0.3) is 5.91 Å². The monoisotopic (exact) mass is 477 g/mol. The molecule has 0 aliphatic carbocycles. The summed E-state index contributed by atoms with van der Waals surface area (Å²) >= 11 is 0. The number of amides is 4. The van der Waals surface area contributed by atoms with E-state index in [1.165, 1.54) is 6.07 Å². The van der Waals surface area contributed by atoms with Crippen LogP contribution in [-0.4, -0.2) is 61.3 Å². The molecule has 1 aromatic rings. The van der Waals surface area contributed by atoms with Gasteiger partial charge in [0.05, 0.1) is 11.7 Å². The molecule has 0 bridgehead atoms. The minimum Gasteiger partial charge on any atom is -0.444 e. The second-order valence-electron chi connectivity index (χ2n) is 10.2. The summed E-state index contributed by atoms with van der Waals surface area (Å²) in [5.74, 6) is -1.62. The fourth-order valence-corrected chi connectivity index (χ4v) is 3.95. The van der Waals surface area contributed by atoms with Gasteiger partial charge >= 0.3 is 12.2 Å². The Bertz CT molecular complexity index is 1010. The van der Waals surface area contributed by atoms with E-state index >= 15 is 0 Å². The molecule has 3 N–H and O–H groups in total. The molecule has 4 amide bonds. The van der Waals surface area contributed by atoms with Crippen molar-refractivity contribution in [3.63, 3.8) is 0 Å². The highest BCUT2D eigenvalue weighted by atomic mass is 16.6. The van der Waals surface area contributed by atoms with E-state index in [1.807, 2.05) is 0 Å². The molecule has 2 heterocycles. The molecule has 1 saturated heterocycles. The maximum Gasteiger partial charge on any atom is 0.424 e. The molecule has 0 spiro atoms. The van der Waals surface area contributed by atoms with Crippen molar-refractivity contribution in [3.05, 3.63) is 29.3 Å². The standard InChI is InChI=1S/C23H31N3O8/c1-22(2,3)33-20(31)24-13-9-7-8-12-16(13)19(30)25(17(12)28)14-10-11-15(27)26(18(14)29)21(32)34-23(4,5)6/h7-9,14,17,19,28,30H,10-11H2,1-6H3,(H,24,31). The van der Waals surface area contributed by atoms with Crippen LogP contribution in [0.25, 0.3) is 0 Å². The highest BCUT2D eigenvalue weighted by Crippen LogP contribution is 2.45. The lowest BCUT2D eigenvalue weighted by molar-refractivity contribution is -0.165. The number of rotatable bonds is 2. The average Bonchev–Trinajstić information content (AvgIpc) is 2.91. The molecule has 34 heavy (non-hydrogen) atoms. The van der Waals surface area contributed by atoms with E-state index in [0.29, 0.717) is 4.90 Å². The number of piperidine rings is 1. The lowest BCUT2D eigenvalue weighted by Crippen LogP contribution is -2.57. The van der Waals surface area contributed by atoms with Crippen LogP contribution >= 0.6 is 0 Å². The van der Waals surface area contributed by atoms with Gasteiger partial charge < -0.3 is 19.7 Å². The Morgan fingerprint density at radius 2 is 1.62 bits per heavy atom. The van der Waals surface area contributed by atoms with Gasteiger partial charge in [0.2, 0.25) is 5.91 Å². The second kappa shape index (κ2) is 8.97. The van der Waals surface area contributed by atoms with Crippen molar-refractivity contribution in [2.24, 2.45) is 0 Å². The van der Waals surface area contributed by atoms with Crippen molar-refractivity contribution in [3.8, 4) is 0 Å². The van der Waals surface area contributed by atoms with E-state index in [0.717, 1.165) is 4.90 Å². The van der Waals surface area contributed by atoms with Crippen molar-refractivity contribution < 1.29 is 38.9 Å². The second-order valence-corrected chi connectivity index (χ2v) is 10.2. The predicted molar refractivity (Wildman–Crippen MR) is 119 cm³/mol. The Morgan fingerprint density at radius 3 is 2.21 bits per heavy atom. The number of likely N-dealkylation sites (tertiary alicyclic amines) is 1. The molecule has 3 atom stereocenters. The summed E-state index contributed by atoms with van der Waals surface area (Å²) in [6.07, 6.45) is -4.97. The van der Waals surface area contributed by atoms with Gasteiger partial charge in [-0.1, -0.05) is 12.1 Å². The number of anilines is 1. The van der Waals surface area contributed by atoms with E-state index in [2.05, 4.69) is 5.32 Å². The first-order valence-corrected chi connectivity index (χ1v) is 11.0. The van der Waals surface area contributed by atoms with Crippen LogP contribution in [0.5, 0.6) is 0 Å². The number of hydrogen-bond acceptors (Lipinski definition) is 9. The van der Waals surface area contributed by atoms with Crippen LogP contribution < -0.4 is 5.32 Å². The van der Waals surface area contributed by atoms with Crippen LogP contribution in [0.4, 0.5) is 15.3 Å². The molecule has 0 radical (unpaired) electrons. The first-order valence-electron chi connectivity index (χ1n) is 11.0. The van der Waals surface area contributed by atoms with Crippen molar-refractivity contribution in [2.45, 2.75) is 84.1 Å². The van der Waals surface area contributed by atoms with Gasteiger partial charge in [-0.15, -0.1) is 0 Å². The minimum atomic E-state index is -1.50. The van der Waals surface area contributed by atoms with E-state index in [-0.39, 0.29) is 29.7 Å². The largest absolute Gasteiger partial charge is 0.444 e. The number of fused-ring (bicyclic) bond motifs is 1. The summed E-state index contributed by atoms with van der Waals surface area (Å²) in [4.78, 5) is 51.9. The van der Waals surface area contributed by atoms with Gasteiger partial charge in [0, 0.05) is 17.5 Å². The van der Waals surface area contributed by atoms with Crippen LogP contribution in [0.3, 0.4) is 0 Å². The average molecular weight is 478 g/mol. The third-order valence-electron chi connectivity index (χ3n) is 5.20. The smallest absolute Gasteiger partial charge is 0.424 e. The van der Waals surface area contributed by atoms with Crippen molar-refractivity contribution in [1.29, 1.82) is 0 Å². The highest BCUT2D eigenvalue weighted by molar-refractivity contribution is 6.12. The molecular formula is C23H31N3O8. The summed E-state index contributed by atoms with van der Waals surface area (Å²) in [6.45, 7) is 9.92. The molecule has 0 saturated carbocycles. The van der Waals surface area contributed by atoms with Gasteiger partial charge in [0.15, 0.2) is 0 Å². The lowest BCUT2D eigenvalue weighted by Gasteiger charge is -2.37. The highest BCUT2D eigenvalue weighted by Gasteiger charge is 2.50. The lowest BCUT2D eigenvalue weighted by atomic mass is 10.0. The molecule has 1 aromatic carbocycles. The van der Waals surface area contributed by atoms with Crippen molar-refractivity contribution >= 4 is 29.7 Å². The van der Waals surface area contributed by atoms with Gasteiger partial charge in [-0.2, -0.15) is 4.90 Å². The summed E-state index contributed by atoms with van der Waals surface area (Å²) in [6, 6.07) is 3.47. The molecule has 186 valence electrons. The number of nitrogens with one attached hydrogen (secondary N) is 1. The molecule has 11 heteroatoms. The summed E-state index contributed by atoms with van der Waals surface area (Å²) in [7, 11) is 0. The van der Waals surface area contributed by atoms with Gasteiger partial charge in [-0.3, -0.25) is 14.9 Å². The van der Waals surface area contributed by atoms with E-state index in [4.69, 9.17) is 9.47 Å². The molecular weight excluding hydrogens is 446 g/mol. The maximum absolute atomic E-state index is 13.2. The Labute approximate surface area is 197 Å². The minimum absolute atomic E-state index is 0.0199. The number of nitrogens with zero attached hydrogens (tertiary/aromatic N) is 2. The zero-order valence-electron chi connectivity index (χ0n) is 20.1. The number of benzene rings is 1. The van der Waals surface area contributed by atoms with Crippen molar-refractivity contribution in [2.75, 3.05) is 5.32 Å². The van der Waals surface area contributed by atoms with Crippen LogP contribution in [0.2, 0.25) is 0 Å². The topological polar surface area (TPSA) is 146 Å². The first kappa shape index (κ1) is 25.6. The van der Waals surface area contributed by atoms with E-state index in [9.17, 15) is 29.4 Å². The molecule has 11 nitrogen and oxygen atoms in total. The van der Waals surface area contributed by atoms with Crippen LogP contribution in [0.15, 0.2) is 18.2 Å². The fraction of sp³-hybridized carbons (Fsp3) is 0.565. The third kappa shape index (κ3) is 5.21. The van der Waals surface area contributed by atoms with Crippen LogP contribution in [0, 0.1) is 0 Å². The van der Waals surface area contributed by atoms with Crippen LogP contribution in [-0.2, 0) is 19.1 Å². The SMILES string of the molecule is CC(C)(C)OC(=O)Nc1cccc2c1C(O)N(C1CCC(=O)N(C(=O)OC(C)(C)C)C1=O)C2O. The number of carbonyl (C=O) groups is 4. The Hall–Kier alpha value is -3.02. The number of imide groups is 3. The zero-order valence-corrected chi connectivity index (χ0v) is 20.1. The summed E-state index contributed by atoms with van der Waals surface area (Å²) in [5.41, 5.74) is -1.03. The van der Waals surface area contributed by atoms with Gasteiger partial charge in [0.1, 0.15) is 23.7 Å². The Morgan fingerprint density at radius 1 is 1.00 bits per heavy atom. The summed E-state index contributed by atoms with van der Waals surface area (Å²) < 4.78 is 10.4. The summed E-state index contributed by atoms with van der Waals surface area (Å²) in [5, 5.41) is 24.6. The molecule has 3 rings (SSSR count). The van der Waals surface area contributed by atoms with Crippen LogP contribution in [0.1, 0.15) is 78.0 Å². The van der Waals surface area contributed by atoms with Gasteiger partial charge in [-0.05, 0) is 54.0 Å². The molecule has 0 aromatic heterocycles. The molecule has 2 aliphatic heterocycles. The van der Waals surface area contributed by atoms with Gasteiger partial charge in [-0.25, -0.2) is 14.5 Å². The number of ether oxygens (including phenoxy) is 2. The molecule has 3 unspecified atom stereocenters. The van der Waals surface area contributed by atoms with E-state index < -0.39 is 53.7 Å². The molecule has 2 aliphatic rings. The zero-order chi connectivity index (χ0) is 25.6. The predicted octanol–water partition coefficient (Wildman–Crippen LogP) is 2.78. The number of aliphatic hydroxyl groups excluding tert-OH is 2. The van der Waals surface area contributed by atoms with E-state index in [1.54, 1.807) is 53.7 Å². The quantitative estimate of drug-likeness (QED) is 0.547. The Kier molecular flexibility index (Phi) is 6.75. The third-order valence-corrected chi connectivity index (χ3v) is 5.20.